The molecule has 0 N–H and O–H groups in total. The minimum Gasteiger partial charge on any atom is -0.0622 e. The zero-order valence-electron chi connectivity index (χ0n) is 36.7. The summed E-state index contributed by atoms with van der Waals surface area (Å²) >= 11 is 0. The van der Waals surface area contributed by atoms with Crippen molar-refractivity contribution in [2.45, 2.75) is 5.41 Å². The maximum absolute atomic E-state index is 2.57. The molecule has 0 radical (unpaired) electrons. The summed E-state index contributed by atoms with van der Waals surface area (Å²) in [6.45, 7) is 0. The van der Waals surface area contributed by atoms with E-state index >= 15 is 0 Å². The molecule has 13 aromatic carbocycles. The summed E-state index contributed by atoms with van der Waals surface area (Å²) in [6.07, 6.45) is 0. The molecule has 1 aliphatic rings. The average molecular weight is 847 g/mol. The first kappa shape index (κ1) is 37.8. The first-order valence-corrected chi connectivity index (χ1v) is 23.4. The van der Waals surface area contributed by atoms with E-state index < -0.39 is 5.41 Å². The molecule has 0 bridgehead atoms. The zero-order chi connectivity index (χ0) is 44.1. The molecule has 0 fully saturated rings. The molecule has 13 aromatic rings. The molecule has 0 unspecified atom stereocenters. The molecule has 14 rings (SSSR count). The van der Waals surface area contributed by atoms with Gasteiger partial charge in [0.25, 0.3) is 0 Å². The van der Waals surface area contributed by atoms with Gasteiger partial charge in [0.1, 0.15) is 0 Å². The molecular weight excluding hydrogens is 805 g/mol. The highest BCUT2D eigenvalue weighted by Crippen LogP contribution is 2.62. The van der Waals surface area contributed by atoms with Gasteiger partial charge in [-0.2, -0.15) is 0 Å². The van der Waals surface area contributed by atoms with Gasteiger partial charge < -0.3 is 0 Å². The van der Waals surface area contributed by atoms with Crippen LogP contribution in [0.25, 0.3) is 109 Å². The van der Waals surface area contributed by atoms with Crippen molar-refractivity contribution in [1.29, 1.82) is 0 Å². The Bertz CT molecular complexity index is 4040. The molecule has 0 heterocycles. The van der Waals surface area contributed by atoms with E-state index in [1.54, 1.807) is 0 Å². The second-order valence-electron chi connectivity index (χ2n) is 18.2. The highest BCUT2D eigenvalue weighted by Gasteiger charge is 2.49. The standard InChI is InChI=1S/C67H42/c1-3-24-48(25-4-1)67(49-26-5-2-6-27-49)61-42-60(52-30-10-12-31-53(52)64(61)65-54-32-13-9-28-50(54)51-29-11-18-37-59(51)66(65)67)45-22-19-23-46(41-45)62-55-33-14-16-35-57(55)63(58-36-17-15-34-56(58)62)47-39-38-43-20-7-8-21-44(43)40-47/h1-42H. The van der Waals surface area contributed by atoms with Crippen LogP contribution in [0.1, 0.15) is 22.3 Å². The Morgan fingerprint density at radius 3 is 1.22 bits per heavy atom. The fourth-order valence-electron chi connectivity index (χ4n) is 12.2. The highest BCUT2D eigenvalue weighted by atomic mass is 14.5. The van der Waals surface area contributed by atoms with Crippen molar-refractivity contribution in [1.82, 2.24) is 0 Å². The van der Waals surface area contributed by atoms with E-state index in [1.165, 1.54) is 131 Å². The third kappa shape index (κ3) is 5.42. The predicted molar refractivity (Wildman–Crippen MR) is 285 cm³/mol. The van der Waals surface area contributed by atoms with Crippen molar-refractivity contribution >= 4 is 64.6 Å². The molecule has 310 valence electrons. The van der Waals surface area contributed by atoms with E-state index in [1.807, 2.05) is 0 Å². The van der Waals surface area contributed by atoms with Crippen LogP contribution in [-0.2, 0) is 5.41 Å². The normalized spacial score (nSPS) is 12.9. The number of benzene rings is 13. The van der Waals surface area contributed by atoms with Crippen LogP contribution in [0, 0.1) is 0 Å². The van der Waals surface area contributed by atoms with Crippen LogP contribution < -0.4 is 0 Å². The molecule has 1 aliphatic carbocycles. The second kappa shape index (κ2) is 14.7. The first-order chi connectivity index (χ1) is 33.3. The first-order valence-electron chi connectivity index (χ1n) is 23.4. The highest BCUT2D eigenvalue weighted by molar-refractivity contribution is 6.24. The Morgan fingerprint density at radius 2 is 0.642 bits per heavy atom. The van der Waals surface area contributed by atoms with E-state index in [0.29, 0.717) is 0 Å². The van der Waals surface area contributed by atoms with Crippen LogP contribution in [0.2, 0.25) is 0 Å². The molecule has 0 aliphatic heterocycles. The van der Waals surface area contributed by atoms with Gasteiger partial charge in [-0.3, -0.25) is 0 Å². The van der Waals surface area contributed by atoms with E-state index in [0.717, 1.165) is 0 Å². The van der Waals surface area contributed by atoms with Crippen LogP contribution in [-0.4, -0.2) is 0 Å². The van der Waals surface area contributed by atoms with Crippen LogP contribution >= 0.6 is 0 Å². The van der Waals surface area contributed by atoms with E-state index in [2.05, 4.69) is 255 Å². The van der Waals surface area contributed by atoms with Gasteiger partial charge in [-0.05, 0) is 150 Å². The van der Waals surface area contributed by atoms with Gasteiger partial charge in [0.2, 0.25) is 0 Å². The molecule has 0 saturated carbocycles. The molecule has 0 amide bonds. The molecular formula is C67H42. The number of rotatable bonds is 5. The SMILES string of the molecule is c1ccc(C2(c3ccccc3)c3cc(-c4cccc(-c5c6ccccc6c(-c6ccc7ccccc7c6)c6ccccc56)c4)c4ccccc4c3-c3c2c2ccccc2c2ccccc32)cc1. The quantitative estimate of drug-likeness (QED) is 0.120. The number of hydrogen-bond donors (Lipinski definition) is 0. The second-order valence-corrected chi connectivity index (χ2v) is 18.2. The van der Waals surface area contributed by atoms with Gasteiger partial charge in [0.05, 0.1) is 5.41 Å². The van der Waals surface area contributed by atoms with Crippen molar-refractivity contribution < 1.29 is 0 Å². The number of hydrogen-bond acceptors (Lipinski definition) is 0. The zero-order valence-corrected chi connectivity index (χ0v) is 36.7. The van der Waals surface area contributed by atoms with E-state index in [4.69, 9.17) is 0 Å². The Morgan fingerprint density at radius 1 is 0.224 bits per heavy atom. The number of fused-ring (bicyclic) bond motifs is 13. The molecule has 0 aromatic heterocycles. The summed E-state index contributed by atoms with van der Waals surface area (Å²) < 4.78 is 0. The lowest BCUT2D eigenvalue weighted by Gasteiger charge is -2.35. The monoisotopic (exact) mass is 846 g/mol. The fourth-order valence-corrected chi connectivity index (χ4v) is 12.2. The van der Waals surface area contributed by atoms with Crippen LogP contribution in [0.15, 0.2) is 255 Å². The molecule has 0 atom stereocenters. The summed E-state index contributed by atoms with van der Waals surface area (Å²) in [7, 11) is 0. The summed E-state index contributed by atoms with van der Waals surface area (Å²) in [5.41, 5.74) is 14.6. The van der Waals surface area contributed by atoms with Gasteiger partial charge in [0, 0.05) is 0 Å². The third-order valence-corrected chi connectivity index (χ3v) is 14.9. The minimum atomic E-state index is -0.613. The molecule has 0 saturated heterocycles. The van der Waals surface area contributed by atoms with Crippen LogP contribution in [0.5, 0.6) is 0 Å². The Labute approximate surface area is 389 Å². The van der Waals surface area contributed by atoms with E-state index in [-0.39, 0.29) is 0 Å². The molecule has 0 nitrogen and oxygen atoms in total. The molecule has 67 heavy (non-hydrogen) atoms. The Hall–Kier alpha value is -8.58. The molecule has 0 heteroatoms. The van der Waals surface area contributed by atoms with Crippen molar-refractivity contribution in [3.63, 3.8) is 0 Å². The lowest BCUT2D eigenvalue weighted by molar-refractivity contribution is 0.777. The predicted octanol–water partition coefficient (Wildman–Crippen LogP) is 18.0. The van der Waals surface area contributed by atoms with Gasteiger partial charge in [-0.25, -0.2) is 0 Å². The summed E-state index contributed by atoms with van der Waals surface area (Å²) in [5, 5.41) is 15.2. The van der Waals surface area contributed by atoms with Gasteiger partial charge in [-0.1, -0.05) is 237 Å². The Balaban J connectivity index is 1.08. The lowest BCUT2D eigenvalue weighted by Crippen LogP contribution is -2.29. The van der Waals surface area contributed by atoms with Crippen molar-refractivity contribution in [3.05, 3.63) is 277 Å². The fraction of sp³-hybridized carbons (Fsp3) is 0.0149. The maximum Gasteiger partial charge on any atom is 0.0720 e. The summed E-state index contributed by atoms with van der Waals surface area (Å²) in [5.74, 6) is 0. The van der Waals surface area contributed by atoms with Crippen molar-refractivity contribution in [2.75, 3.05) is 0 Å². The van der Waals surface area contributed by atoms with Gasteiger partial charge in [0.15, 0.2) is 0 Å². The summed E-state index contributed by atoms with van der Waals surface area (Å²) in [6, 6.07) is 95.4. The summed E-state index contributed by atoms with van der Waals surface area (Å²) in [4.78, 5) is 0. The largest absolute Gasteiger partial charge is 0.0720 e. The van der Waals surface area contributed by atoms with Crippen LogP contribution in [0.3, 0.4) is 0 Å². The van der Waals surface area contributed by atoms with Crippen molar-refractivity contribution in [3.8, 4) is 44.5 Å². The molecule has 0 spiro atoms. The Kier molecular flexibility index (Phi) is 8.30. The topological polar surface area (TPSA) is 0 Å². The average Bonchev–Trinajstić information content (AvgIpc) is 3.73. The smallest absolute Gasteiger partial charge is 0.0622 e. The third-order valence-electron chi connectivity index (χ3n) is 14.9. The van der Waals surface area contributed by atoms with Crippen molar-refractivity contribution in [2.24, 2.45) is 0 Å². The minimum absolute atomic E-state index is 0.613. The van der Waals surface area contributed by atoms with Gasteiger partial charge in [-0.15, -0.1) is 0 Å². The van der Waals surface area contributed by atoms with Crippen LogP contribution in [0.4, 0.5) is 0 Å². The maximum atomic E-state index is 2.57. The van der Waals surface area contributed by atoms with E-state index in [9.17, 15) is 0 Å². The lowest BCUT2D eigenvalue weighted by atomic mass is 9.66. The van der Waals surface area contributed by atoms with Gasteiger partial charge >= 0.3 is 0 Å².